The quantitative estimate of drug-likeness (QED) is 0.877. The van der Waals surface area contributed by atoms with Crippen LogP contribution in [0.4, 0.5) is 5.69 Å². The van der Waals surface area contributed by atoms with Gasteiger partial charge in [-0.1, -0.05) is 13.0 Å². The number of benzene rings is 1. The number of nitrogens with one attached hydrogen (secondary N) is 2. The molecule has 2 rings (SSSR count). The zero-order chi connectivity index (χ0) is 14.0. The lowest BCUT2D eigenvalue weighted by atomic mass is 9.88. The van der Waals surface area contributed by atoms with Crippen molar-refractivity contribution in [3.63, 3.8) is 0 Å². The summed E-state index contributed by atoms with van der Waals surface area (Å²) in [5, 5.41) is 5.90. The molecule has 1 heterocycles. The van der Waals surface area contributed by atoms with Gasteiger partial charge >= 0.3 is 0 Å². The molecule has 1 saturated heterocycles. The van der Waals surface area contributed by atoms with Gasteiger partial charge in [-0.2, -0.15) is 0 Å². The highest BCUT2D eigenvalue weighted by Gasteiger charge is 2.28. The second kappa shape index (κ2) is 6.56. The van der Waals surface area contributed by atoms with Crippen LogP contribution in [0.25, 0.3) is 0 Å². The van der Waals surface area contributed by atoms with Crippen molar-refractivity contribution >= 4 is 33.8 Å². The molecule has 0 aliphatic carbocycles. The summed E-state index contributed by atoms with van der Waals surface area (Å²) in [6.45, 7) is 3.61. The van der Waals surface area contributed by atoms with Crippen LogP contribution in [0.3, 0.4) is 0 Å². The Balaban J connectivity index is 0.00000200. The topological polar surface area (TPSA) is 75.3 Å². The molecule has 1 aliphatic heterocycles. The highest BCUT2D eigenvalue weighted by Crippen LogP contribution is 2.20. The Morgan fingerprint density at radius 1 is 1.40 bits per heavy atom. The maximum atomic E-state index is 12.0. The van der Waals surface area contributed by atoms with Crippen LogP contribution in [0.15, 0.2) is 29.2 Å². The number of sulfone groups is 1. The number of hydrogen-bond acceptors (Lipinski definition) is 4. The molecule has 2 N–H and O–H groups in total. The van der Waals surface area contributed by atoms with Gasteiger partial charge in [0.25, 0.3) is 0 Å². The van der Waals surface area contributed by atoms with Crippen molar-refractivity contribution in [3.8, 4) is 0 Å². The summed E-state index contributed by atoms with van der Waals surface area (Å²) in [5.41, 5.74) is 0.520. The fourth-order valence-corrected chi connectivity index (χ4v) is 2.61. The second-order valence-electron chi connectivity index (χ2n) is 5.00. The van der Waals surface area contributed by atoms with E-state index in [1.807, 2.05) is 6.92 Å². The minimum atomic E-state index is -3.25. The van der Waals surface area contributed by atoms with Gasteiger partial charge in [-0.3, -0.25) is 4.79 Å². The van der Waals surface area contributed by atoms with E-state index in [2.05, 4.69) is 10.6 Å². The number of halogens is 1. The molecular formula is C13H19ClN2O3S. The lowest BCUT2D eigenvalue weighted by molar-refractivity contribution is -0.121. The smallest absolute Gasteiger partial charge is 0.227 e. The normalized spacial score (nSPS) is 16.7. The van der Waals surface area contributed by atoms with Gasteiger partial charge in [-0.05, 0) is 37.2 Å². The molecular weight excluding hydrogens is 300 g/mol. The summed E-state index contributed by atoms with van der Waals surface area (Å²) in [4.78, 5) is 12.2. The van der Waals surface area contributed by atoms with E-state index in [0.29, 0.717) is 11.6 Å². The molecule has 1 fully saturated rings. The second-order valence-corrected chi connectivity index (χ2v) is 7.01. The van der Waals surface area contributed by atoms with Crippen molar-refractivity contribution in [2.75, 3.05) is 24.7 Å². The van der Waals surface area contributed by atoms with Crippen molar-refractivity contribution < 1.29 is 13.2 Å². The van der Waals surface area contributed by atoms with Crippen molar-refractivity contribution in [2.24, 2.45) is 11.8 Å². The largest absolute Gasteiger partial charge is 0.326 e. The van der Waals surface area contributed by atoms with Crippen molar-refractivity contribution in [1.82, 2.24) is 5.32 Å². The average molecular weight is 319 g/mol. The van der Waals surface area contributed by atoms with Gasteiger partial charge in [0.2, 0.25) is 5.91 Å². The summed E-state index contributed by atoms with van der Waals surface area (Å²) in [6.07, 6.45) is 1.15. The predicted molar refractivity (Wildman–Crippen MR) is 81.0 cm³/mol. The molecule has 0 bridgehead atoms. The summed E-state index contributed by atoms with van der Waals surface area (Å²) < 4.78 is 22.9. The molecule has 1 aliphatic rings. The molecule has 0 spiro atoms. The molecule has 1 aromatic carbocycles. The predicted octanol–water partition coefficient (Wildman–Crippen LogP) is 1.31. The first-order chi connectivity index (χ1) is 8.88. The van der Waals surface area contributed by atoms with E-state index in [0.717, 1.165) is 19.3 Å². The minimum absolute atomic E-state index is 0. The van der Waals surface area contributed by atoms with E-state index in [1.54, 1.807) is 12.1 Å². The number of amides is 1. The Morgan fingerprint density at radius 2 is 2.05 bits per heavy atom. The highest BCUT2D eigenvalue weighted by molar-refractivity contribution is 7.90. The SMILES string of the molecule is CC(C(=O)Nc1cccc(S(C)(=O)=O)c1)C1CNC1.Cl. The first-order valence-electron chi connectivity index (χ1n) is 6.19. The molecule has 20 heavy (non-hydrogen) atoms. The standard InChI is InChI=1S/C13H18N2O3S.ClH/c1-9(10-7-14-8-10)13(16)15-11-4-3-5-12(6-11)19(2,17)18;/h3-6,9-10,14H,7-8H2,1-2H3,(H,15,16);1H. The van der Waals surface area contributed by atoms with Gasteiger partial charge in [0.05, 0.1) is 4.90 Å². The summed E-state index contributed by atoms with van der Waals surface area (Å²) in [6, 6.07) is 6.32. The number of hydrogen-bond donors (Lipinski definition) is 2. The Kier molecular flexibility index (Phi) is 5.56. The van der Waals surface area contributed by atoms with E-state index in [4.69, 9.17) is 0 Å². The average Bonchev–Trinajstić information content (AvgIpc) is 2.25. The van der Waals surface area contributed by atoms with Crippen molar-refractivity contribution in [1.29, 1.82) is 0 Å². The lowest BCUT2D eigenvalue weighted by Gasteiger charge is -2.31. The van der Waals surface area contributed by atoms with Crippen molar-refractivity contribution in [2.45, 2.75) is 11.8 Å². The van der Waals surface area contributed by atoms with Gasteiger partial charge in [-0.15, -0.1) is 12.4 Å². The first kappa shape index (κ1) is 16.9. The maximum Gasteiger partial charge on any atom is 0.227 e. The monoisotopic (exact) mass is 318 g/mol. The number of anilines is 1. The fourth-order valence-electron chi connectivity index (χ4n) is 1.94. The van der Waals surface area contributed by atoms with Crippen LogP contribution in [-0.2, 0) is 14.6 Å². The molecule has 0 radical (unpaired) electrons. The third kappa shape index (κ3) is 3.94. The molecule has 112 valence electrons. The minimum Gasteiger partial charge on any atom is -0.326 e. The third-order valence-corrected chi connectivity index (χ3v) is 4.57. The van der Waals surface area contributed by atoms with Crippen molar-refractivity contribution in [3.05, 3.63) is 24.3 Å². The van der Waals surface area contributed by atoms with Gasteiger partial charge in [-0.25, -0.2) is 8.42 Å². The van der Waals surface area contributed by atoms with Crippen LogP contribution < -0.4 is 10.6 Å². The molecule has 0 aromatic heterocycles. The van der Waals surface area contributed by atoms with Crippen LogP contribution >= 0.6 is 12.4 Å². The fraction of sp³-hybridized carbons (Fsp3) is 0.462. The lowest BCUT2D eigenvalue weighted by Crippen LogP contribution is -2.48. The summed E-state index contributed by atoms with van der Waals surface area (Å²) in [5.74, 6) is 0.207. The molecule has 1 amide bonds. The maximum absolute atomic E-state index is 12.0. The van der Waals surface area contributed by atoms with Crippen LogP contribution in [-0.4, -0.2) is 33.7 Å². The highest BCUT2D eigenvalue weighted by atomic mass is 35.5. The van der Waals surface area contributed by atoms with E-state index in [1.165, 1.54) is 12.1 Å². The third-order valence-electron chi connectivity index (χ3n) is 3.46. The van der Waals surface area contributed by atoms with Gasteiger partial charge in [0.1, 0.15) is 0 Å². The first-order valence-corrected chi connectivity index (χ1v) is 8.09. The Hall–Kier alpha value is -1.11. The van der Waals surface area contributed by atoms with Crippen LogP contribution in [0.2, 0.25) is 0 Å². The zero-order valence-electron chi connectivity index (χ0n) is 11.4. The molecule has 0 saturated carbocycles. The Bertz CT molecular complexity index is 585. The summed E-state index contributed by atoms with van der Waals surface area (Å²) in [7, 11) is -3.25. The van der Waals surface area contributed by atoms with E-state index in [9.17, 15) is 13.2 Å². The molecule has 1 atom stereocenters. The Labute approximate surface area is 125 Å². The number of carbonyl (C=O) groups is 1. The van der Waals surface area contributed by atoms with Crippen LogP contribution in [0.1, 0.15) is 6.92 Å². The van der Waals surface area contributed by atoms with E-state index < -0.39 is 9.84 Å². The van der Waals surface area contributed by atoms with Gasteiger partial charge in [0, 0.05) is 17.9 Å². The number of rotatable bonds is 4. The molecule has 1 aromatic rings. The molecule has 1 unspecified atom stereocenters. The molecule has 5 nitrogen and oxygen atoms in total. The van der Waals surface area contributed by atoms with Crippen LogP contribution in [0.5, 0.6) is 0 Å². The summed E-state index contributed by atoms with van der Waals surface area (Å²) >= 11 is 0. The van der Waals surface area contributed by atoms with Gasteiger partial charge in [0.15, 0.2) is 9.84 Å². The van der Waals surface area contributed by atoms with E-state index >= 15 is 0 Å². The number of carbonyl (C=O) groups excluding carboxylic acids is 1. The molecule has 7 heteroatoms. The van der Waals surface area contributed by atoms with E-state index in [-0.39, 0.29) is 29.1 Å². The Morgan fingerprint density at radius 3 is 2.55 bits per heavy atom. The zero-order valence-corrected chi connectivity index (χ0v) is 13.1. The van der Waals surface area contributed by atoms with Gasteiger partial charge < -0.3 is 10.6 Å². The van der Waals surface area contributed by atoms with Crippen LogP contribution in [0, 0.1) is 11.8 Å².